The molecule has 0 aromatic carbocycles. The maximum absolute atomic E-state index is 3.82. The van der Waals surface area contributed by atoms with E-state index < -0.39 is 0 Å². The Morgan fingerprint density at radius 2 is 1.39 bits per heavy atom. The zero-order valence-corrected chi connectivity index (χ0v) is 12.4. The molecule has 0 bridgehead atoms. The highest BCUT2D eigenvalue weighted by atomic mass is 32.2. The Morgan fingerprint density at radius 1 is 0.889 bits per heavy atom. The van der Waals surface area contributed by atoms with E-state index >= 15 is 0 Å². The third-order valence-electron chi connectivity index (χ3n) is 2.31. The van der Waals surface area contributed by atoms with Gasteiger partial charge in [-0.15, -0.1) is 0 Å². The first-order valence-electron chi connectivity index (χ1n) is 5.87. The first kappa shape index (κ1) is 16.5. The maximum Gasteiger partial charge on any atom is 0.0151 e. The van der Waals surface area contributed by atoms with Crippen LogP contribution in [0.15, 0.2) is 83.2 Å². The maximum atomic E-state index is 3.82. The quantitative estimate of drug-likeness (QED) is 0.508. The van der Waals surface area contributed by atoms with Crippen molar-refractivity contribution in [1.29, 1.82) is 0 Å². The average Bonchev–Trinajstić information content (AvgIpc) is 2.40. The molecule has 96 valence electrons. The molecule has 0 unspecified atom stereocenters. The van der Waals surface area contributed by atoms with E-state index in [4.69, 9.17) is 0 Å². The van der Waals surface area contributed by atoms with Crippen LogP contribution in [0.3, 0.4) is 0 Å². The predicted molar refractivity (Wildman–Crippen MR) is 87.5 cm³/mol. The van der Waals surface area contributed by atoms with Gasteiger partial charge in [-0.05, 0) is 38.0 Å². The van der Waals surface area contributed by atoms with Crippen LogP contribution in [0.2, 0.25) is 0 Å². The third-order valence-corrected chi connectivity index (χ3v) is 3.67. The Kier molecular flexibility index (Phi) is 8.77. The second kappa shape index (κ2) is 9.55. The summed E-state index contributed by atoms with van der Waals surface area (Å²) in [5, 5.41) is 0. The Labute approximate surface area is 116 Å². The monoisotopic (exact) mass is 258 g/mol. The number of allylic oxidation sites excluding steroid dienone is 9. The van der Waals surface area contributed by atoms with Crippen LogP contribution < -0.4 is 0 Å². The molecule has 0 saturated heterocycles. The van der Waals surface area contributed by atoms with Crippen molar-refractivity contribution in [1.82, 2.24) is 0 Å². The SMILES string of the molecule is C=C/C=C\C(SC(/C=C\C)=C(\C)C=C)=C(\C)C=C. The molecule has 0 nitrogen and oxygen atoms in total. The molecule has 0 aromatic rings. The van der Waals surface area contributed by atoms with Gasteiger partial charge >= 0.3 is 0 Å². The van der Waals surface area contributed by atoms with Gasteiger partial charge in [0.1, 0.15) is 0 Å². The van der Waals surface area contributed by atoms with Crippen molar-refractivity contribution in [2.24, 2.45) is 0 Å². The van der Waals surface area contributed by atoms with Crippen LogP contribution in [0.4, 0.5) is 0 Å². The van der Waals surface area contributed by atoms with Crippen LogP contribution in [0.25, 0.3) is 0 Å². The van der Waals surface area contributed by atoms with Gasteiger partial charge in [0.05, 0.1) is 0 Å². The van der Waals surface area contributed by atoms with Crippen LogP contribution in [0.1, 0.15) is 20.8 Å². The standard InChI is InChI=1S/C17H22S/c1-7-11-13-17(15(6)10-4)18-16(12-8-2)14(5)9-3/h7-13H,1,3-4H2,2,5-6H3/b12-8-,13-11-,16-14+,17-15+. The summed E-state index contributed by atoms with van der Waals surface area (Å²) in [6, 6.07) is 0. The van der Waals surface area contributed by atoms with Gasteiger partial charge in [0.15, 0.2) is 0 Å². The molecule has 0 heterocycles. The summed E-state index contributed by atoms with van der Waals surface area (Å²) in [5.41, 5.74) is 2.32. The molecular formula is C17H22S. The lowest BCUT2D eigenvalue weighted by Crippen LogP contribution is -1.82. The van der Waals surface area contributed by atoms with Crippen LogP contribution in [0, 0.1) is 0 Å². The molecule has 0 spiro atoms. The summed E-state index contributed by atoms with van der Waals surface area (Å²) >= 11 is 1.72. The van der Waals surface area contributed by atoms with E-state index in [0.717, 1.165) is 5.57 Å². The topological polar surface area (TPSA) is 0 Å². The number of hydrogen-bond acceptors (Lipinski definition) is 1. The summed E-state index contributed by atoms with van der Waals surface area (Å²) in [7, 11) is 0. The predicted octanol–water partition coefficient (Wildman–Crippen LogP) is 5.96. The smallest absolute Gasteiger partial charge is 0.0151 e. The van der Waals surface area contributed by atoms with Crippen molar-refractivity contribution in [3.05, 3.63) is 83.2 Å². The van der Waals surface area contributed by atoms with Gasteiger partial charge in [0.2, 0.25) is 0 Å². The highest BCUT2D eigenvalue weighted by molar-refractivity contribution is 8.07. The molecule has 0 atom stereocenters. The minimum atomic E-state index is 1.15. The molecule has 0 saturated carbocycles. The number of hydrogen-bond donors (Lipinski definition) is 0. The lowest BCUT2D eigenvalue weighted by Gasteiger charge is -2.08. The van der Waals surface area contributed by atoms with E-state index in [1.54, 1.807) is 17.8 Å². The molecular weight excluding hydrogens is 236 g/mol. The first-order valence-corrected chi connectivity index (χ1v) is 6.68. The summed E-state index contributed by atoms with van der Waals surface area (Å²) < 4.78 is 0. The minimum absolute atomic E-state index is 1.15. The van der Waals surface area contributed by atoms with Crippen LogP contribution in [-0.2, 0) is 0 Å². The van der Waals surface area contributed by atoms with Crippen molar-refractivity contribution in [2.75, 3.05) is 0 Å². The highest BCUT2D eigenvalue weighted by Crippen LogP contribution is 2.32. The Balaban J connectivity index is 5.44. The highest BCUT2D eigenvalue weighted by Gasteiger charge is 2.03. The third kappa shape index (κ3) is 5.74. The van der Waals surface area contributed by atoms with Gasteiger partial charge < -0.3 is 0 Å². The van der Waals surface area contributed by atoms with Gasteiger partial charge in [-0.25, -0.2) is 0 Å². The normalized spacial score (nSPS) is 14.4. The molecule has 0 radical (unpaired) electrons. The number of thioether (sulfide) groups is 1. The molecule has 0 N–H and O–H groups in total. The number of rotatable bonds is 7. The van der Waals surface area contributed by atoms with E-state index in [2.05, 4.69) is 45.7 Å². The van der Waals surface area contributed by atoms with E-state index in [1.165, 1.54) is 15.4 Å². The molecule has 0 aliphatic rings. The second-order valence-electron chi connectivity index (χ2n) is 3.70. The molecule has 0 aromatic heterocycles. The Morgan fingerprint density at radius 3 is 1.78 bits per heavy atom. The van der Waals surface area contributed by atoms with Crippen LogP contribution in [-0.4, -0.2) is 0 Å². The molecule has 0 aliphatic carbocycles. The first-order chi connectivity index (χ1) is 8.60. The minimum Gasteiger partial charge on any atom is -0.0991 e. The molecule has 0 aliphatic heterocycles. The molecule has 1 heteroatoms. The van der Waals surface area contributed by atoms with Crippen molar-refractivity contribution in [3.63, 3.8) is 0 Å². The lowest BCUT2D eigenvalue weighted by molar-refractivity contribution is 1.49. The van der Waals surface area contributed by atoms with E-state index in [9.17, 15) is 0 Å². The Hall–Kier alpha value is -1.47. The molecule has 18 heavy (non-hydrogen) atoms. The van der Waals surface area contributed by atoms with Crippen LogP contribution >= 0.6 is 11.8 Å². The molecule has 0 rings (SSSR count). The fourth-order valence-electron chi connectivity index (χ4n) is 1.12. The fourth-order valence-corrected chi connectivity index (χ4v) is 2.19. The van der Waals surface area contributed by atoms with Crippen molar-refractivity contribution < 1.29 is 0 Å². The van der Waals surface area contributed by atoms with Gasteiger partial charge in [-0.1, -0.05) is 68.0 Å². The summed E-state index contributed by atoms with van der Waals surface area (Å²) in [6.45, 7) is 17.5. The lowest BCUT2D eigenvalue weighted by atomic mass is 10.2. The van der Waals surface area contributed by atoms with Gasteiger partial charge in [0.25, 0.3) is 0 Å². The van der Waals surface area contributed by atoms with E-state index in [1.807, 2.05) is 31.2 Å². The van der Waals surface area contributed by atoms with Crippen molar-refractivity contribution in [2.45, 2.75) is 20.8 Å². The second-order valence-corrected chi connectivity index (χ2v) is 4.78. The van der Waals surface area contributed by atoms with E-state index in [0.29, 0.717) is 0 Å². The summed E-state index contributed by atoms with van der Waals surface area (Å²) in [5.74, 6) is 0. The zero-order chi connectivity index (χ0) is 14.0. The van der Waals surface area contributed by atoms with Gasteiger partial charge in [-0.2, -0.15) is 0 Å². The molecule has 0 fully saturated rings. The summed E-state index contributed by atoms with van der Waals surface area (Å²) in [4.78, 5) is 2.36. The van der Waals surface area contributed by atoms with E-state index in [-0.39, 0.29) is 0 Å². The van der Waals surface area contributed by atoms with Crippen molar-refractivity contribution >= 4 is 11.8 Å². The summed E-state index contributed by atoms with van der Waals surface area (Å²) in [6.07, 6.45) is 13.6. The zero-order valence-electron chi connectivity index (χ0n) is 11.6. The molecule has 0 amide bonds. The average molecular weight is 258 g/mol. The largest absolute Gasteiger partial charge is 0.0991 e. The van der Waals surface area contributed by atoms with Gasteiger partial charge in [-0.3, -0.25) is 0 Å². The fraction of sp³-hybridized carbons (Fsp3) is 0.176. The van der Waals surface area contributed by atoms with Crippen LogP contribution in [0.5, 0.6) is 0 Å². The Bertz CT molecular complexity index is 429. The van der Waals surface area contributed by atoms with Gasteiger partial charge in [0, 0.05) is 9.81 Å². The van der Waals surface area contributed by atoms with Crippen molar-refractivity contribution in [3.8, 4) is 0 Å².